The van der Waals surface area contributed by atoms with Crippen LogP contribution in [0.25, 0.3) is 22.0 Å². The highest BCUT2D eigenvalue weighted by molar-refractivity contribution is 6.45. The van der Waals surface area contributed by atoms with E-state index in [-0.39, 0.29) is 25.2 Å². The lowest BCUT2D eigenvalue weighted by molar-refractivity contribution is -0.121. The molecule has 0 aliphatic carbocycles. The van der Waals surface area contributed by atoms with Crippen molar-refractivity contribution in [1.29, 1.82) is 0 Å². The van der Waals surface area contributed by atoms with Crippen LogP contribution in [-0.2, 0) is 22.6 Å². The highest BCUT2D eigenvalue weighted by Crippen LogP contribution is 2.39. The van der Waals surface area contributed by atoms with Gasteiger partial charge in [0.25, 0.3) is 0 Å². The van der Waals surface area contributed by atoms with E-state index in [1.165, 1.54) is 12.7 Å². The summed E-state index contributed by atoms with van der Waals surface area (Å²) in [7, 11) is 0. The fraction of sp³-hybridized carbons (Fsp3) is 0.333. The summed E-state index contributed by atoms with van der Waals surface area (Å²) >= 11 is 12.7. The van der Waals surface area contributed by atoms with Crippen LogP contribution < -0.4 is 5.32 Å². The van der Waals surface area contributed by atoms with Crippen molar-refractivity contribution in [2.75, 3.05) is 6.61 Å². The minimum absolute atomic E-state index is 0.0623. The van der Waals surface area contributed by atoms with Crippen molar-refractivity contribution in [3.05, 3.63) is 52.9 Å². The van der Waals surface area contributed by atoms with Gasteiger partial charge in [0.2, 0.25) is 5.91 Å². The van der Waals surface area contributed by atoms with Crippen LogP contribution in [0.5, 0.6) is 0 Å². The van der Waals surface area contributed by atoms with E-state index < -0.39 is 0 Å². The molecule has 0 saturated carbocycles. The second-order valence-electron chi connectivity index (χ2n) is 7.70. The van der Waals surface area contributed by atoms with Gasteiger partial charge in [0.15, 0.2) is 0 Å². The first-order chi connectivity index (χ1) is 15.6. The van der Waals surface area contributed by atoms with Gasteiger partial charge in [0, 0.05) is 35.0 Å². The van der Waals surface area contributed by atoms with E-state index in [9.17, 15) is 4.79 Å². The van der Waals surface area contributed by atoms with E-state index in [4.69, 9.17) is 27.9 Å². The predicted octanol–water partition coefficient (Wildman–Crippen LogP) is 3.95. The molecule has 5 rings (SSSR count). The van der Waals surface area contributed by atoms with Gasteiger partial charge < -0.3 is 19.6 Å². The molecule has 3 aromatic heterocycles. The van der Waals surface area contributed by atoms with Crippen LogP contribution in [0.3, 0.4) is 0 Å². The Morgan fingerprint density at radius 1 is 1.25 bits per heavy atom. The Hall–Kier alpha value is -2.88. The number of carbonyl (C=O) groups is 1. The molecule has 166 valence electrons. The van der Waals surface area contributed by atoms with Gasteiger partial charge in [-0.25, -0.2) is 4.68 Å². The van der Waals surface area contributed by atoms with Gasteiger partial charge in [-0.1, -0.05) is 29.3 Å². The van der Waals surface area contributed by atoms with Crippen molar-refractivity contribution in [3.63, 3.8) is 0 Å². The molecule has 11 heteroatoms. The number of benzene rings is 1. The topological polar surface area (TPSA) is 103 Å². The molecule has 1 aliphatic heterocycles. The third-order valence-electron chi connectivity index (χ3n) is 5.54. The molecule has 1 unspecified atom stereocenters. The normalized spacial score (nSPS) is 16.5. The Morgan fingerprint density at radius 2 is 2.09 bits per heavy atom. The summed E-state index contributed by atoms with van der Waals surface area (Å²) in [6, 6.07) is 3.69. The molecular formula is C21H21Cl2N7O2. The fourth-order valence-corrected chi connectivity index (χ4v) is 4.36. The van der Waals surface area contributed by atoms with E-state index in [1.807, 2.05) is 23.1 Å². The Kier molecular flexibility index (Phi) is 5.86. The maximum atomic E-state index is 12.4. The molecule has 9 nitrogen and oxygen atoms in total. The van der Waals surface area contributed by atoms with Gasteiger partial charge in [-0.2, -0.15) is 5.10 Å². The van der Waals surface area contributed by atoms with Crippen molar-refractivity contribution < 1.29 is 9.53 Å². The first-order valence-electron chi connectivity index (χ1n) is 10.3. The number of H-pyrrole nitrogens is 1. The number of hydrogen-bond acceptors (Lipinski definition) is 5. The Morgan fingerprint density at radius 3 is 2.88 bits per heavy atom. The molecule has 1 atom stereocenters. The predicted molar refractivity (Wildman–Crippen MR) is 120 cm³/mol. The summed E-state index contributed by atoms with van der Waals surface area (Å²) in [5, 5.41) is 16.7. The number of amides is 1. The Bertz CT molecular complexity index is 1240. The van der Waals surface area contributed by atoms with E-state index >= 15 is 0 Å². The second kappa shape index (κ2) is 8.93. The third kappa shape index (κ3) is 4.11. The van der Waals surface area contributed by atoms with Crippen LogP contribution in [-0.4, -0.2) is 42.0 Å². The van der Waals surface area contributed by atoms with Gasteiger partial charge in [-0.15, -0.1) is 10.2 Å². The van der Waals surface area contributed by atoms with Crippen LogP contribution in [0, 0.1) is 0 Å². The molecule has 1 fully saturated rings. The van der Waals surface area contributed by atoms with Gasteiger partial charge in [-0.05, 0) is 25.3 Å². The Balaban J connectivity index is 1.47. The summed E-state index contributed by atoms with van der Waals surface area (Å²) in [6.07, 6.45) is 9.84. The molecule has 32 heavy (non-hydrogen) atoms. The minimum atomic E-state index is -0.162. The summed E-state index contributed by atoms with van der Waals surface area (Å²) < 4.78 is 9.32. The number of rotatable bonds is 6. The number of nitrogens with one attached hydrogen (secondary N) is 2. The highest BCUT2D eigenvalue weighted by atomic mass is 35.5. The number of ether oxygens (including phenoxy) is 1. The van der Waals surface area contributed by atoms with Gasteiger partial charge in [-0.3, -0.25) is 4.79 Å². The molecular weight excluding hydrogens is 453 g/mol. The molecule has 0 radical (unpaired) electrons. The van der Waals surface area contributed by atoms with E-state index in [0.717, 1.165) is 53.6 Å². The quantitative estimate of drug-likeness (QED) is 0.441. The maximum Gasteiger partial charge on any atom is 0.240 e. The van der Waals surface area contributed by atoms with Crippen LogP contribution in [0.4, 0.5) is 0 Å². The van der Waals surface area contributed by atoms with Gasteiger partial charge in [0.1, 0.15) is 25.4 Å². The van der Waals surface area contributed by atoms with Crippen molar-refractivity contribution in [2.45, 2.75) is 38.6 Å². The van der Waals surface area contributed by atoms with Crippen LogP contribution >= 0.6 is 23.2 Å². The number of hydrogen-bond donors (Lipinski definition) is 2. The van der Waals surface area contributed by atoms with Crippen molar-refractivity contribution in [1.82, 2.24) is 34.8 Å². The number of nitrogens with zero attached hydrogens (tertiary/aromatic N) is 5. The molecule has 4 heterocycles. The van der Waals surface area contributed by atoms with E-state index in [2.05, 4.69) is 25.6 Å². The molecule has 2 N–H and O–H groups in total. The van der Waals surface area contributed by atoms with Gasteiger partial charge in [0.05, 0.1) is 28.3 Å². The summed E-state index contributed by atoms with van der Waals surface area (Å²) in [5.41, 5.74) is 3.36. The zero-order valence-electron chi connectivity index (χ0n) is 17.1. The number of fused-ring (bicyclic) bond motifs is 1. The maximum absolute atomic E-state index is 12.4. The van der Waals surface area contributed by atoms with Gasteiger partial charge >= 0.3 is 0 Å². The van der Waals surface area contributed by atoms with Crippen LogP contribution in [0.2, 0.25) is 10.0 Å². The molecule has 4 aromatic rings. The van der Waals surface area contributed by atoms with E-state index in [0.29, 0.717) is 10.0 Å². The number of aromatic amines is 1. The summed E-state index contributed by atoms with van der Waals surface area (Å²) in [4.78, 5) is 15.7. The lowest BCUT2D eigenvalue weighted by Crippen LogP contribution is -2.27. The number of aromatic nitrogens is 6. The molecule has 1 aromatic carbocycles. The highest BCUT2D eigenvalue weighted by Gasteiger charge is 2.21. The molecule has 1 amide bonds. The molecule has 1 aliphatic rings. The largest absolute Gasteiger partial charge is 0.357 e. The molecule has 0 spiro atoms. The van der Waals surface area contributed by atoms with Crippen molar-refractivity contribution in [2.24, 2.45) is 0 Å². The first kappa shape index (κ1) is 21.0. The number of halogens is 2. The lowest BCUT2D eigenvalue weighted by atomic mass is 10.0. The minimum Gasteiger partial charge on any atom is -0.357 e. The number of carbonyl (C=O) groups excluding carboxylic acids is 1. The lowest BCUT2D eigenvalue weighted by Gasteiger charge is -2.22. The second-order valence-corrected chi connectivity index (χ2v) is 8.49. The molecule has 0 bridgehead atoms. The SMILES string of the molecule is O=C(Cn1cnnc1)NCc1[nH]c2c(Cl)c(Cl)ccc2c1-c1cnn(C2CCCCO2)c1. The first-order valence-corrected chi connectivity index (χ1v) is 11.1. The summed E-state index contributed by atoms with van der Waals surface area (Å²) in [5.74, 6) is -0.162. The standard InChI is InChI=1S/C21H21Cl2N7O2/c22-15-5-4-14-19(13-7-27-30(9-13)18-3-1-2-6-32-18)16(28-21(14)20(15)23)8-24-17(31)10-29-11-25-26-12-29/h4-5,7,9,11-12,18,28H,1-3,6,8,10H2,(H,24,31). The smallest absolute Gasteiger partial charge is 0.240 e. The average molecular weight is 474 g/mol. The third-order valence-corrected chi connectivity index (χ3v) is 6.34. The Labute approximate surface area is 193 Å². The average Bonchev–Trinajstić information content (AvgIpc) is 3.55. The molecule has 1 saturated heterocycles. The van der Waals surface area contributed by atoms with Crippen molar-refractivity contribution in [3.8, 4) is 11.1 Å². The zero-order valence-corrected chi connectivity index (χ0v) is 18.6. The monoisotopic (exact) mass is 473 g/mol. The van der Waals surface area contributed by atoms with E-state index in [1.54, 1.807) is 10.6 Å². The van der Waals surface area contributed by atoms with Crippen LogP contribution in [0.1, 0.15) is 31.2 Å². The fourth-order valence-electron chi connectivity index (χ4n) is 3.99. The summed E-state index contributed by atoms with van der Waals surface area (Å²) in [6.45, 7) is 1.15. The zero-order chi connectivity index (χ0) is 22.1. The van der Waals surface area contributed by atoms with Crippen molar-refractivity contribution >= 4 is 40.0 Å². The van der Waals surface area contributed by atoms with Crippen LogP contribution in [0.15, 0.2) is 37.2 Å².